The molecule has 0 fully saturated rings. The summed E-state index contributed by atoms with van der Waals surface area (Å²) in [6.07, 6.45) is 2.17. The molecule has 0 heterocycles. The molecule has 1 rings (SSSR count). The first-order chi connectivity index (χ1) is 8.95. The average molecular weight is 289 g/mol. The van der Waals surface area contributed by atoms with Gasteiger partial charge >= 0.3 is 5.69 Å². The number of rotatable bonds is 7. The Hall–Kier alpha value is -1.20. The van der Waals surface area contributed by atoms with Crippen molar-refractivity contribution in [3.8, 4) is 0 Å². The Morgan fingerprint density at radius 2 is 2.21 bits per heavy atom. The van der Waals surface area contributed by atoms with E-state index in [1.54, 1.807) is 0 Å². The first kappa shape index (κ1) is 15.9. The van der Waals surface area contributed by atoms with E-state index in [0.717, 1.165) is 25.5 Å². The summed E-state index contributed by atoms with van der Waals surface area (Å²) in [4.78, 5) is 12.0. The number of hydrogen-bond acceptors (Lipinski definition) is 3. The quantitative estimate of drug-likeness (QED) is 0.436. The lowest BCUT2D eigenvalue weighted by atomic mass is 10.1. The fourth-order valence-corrected chi connectivity index (χ4v) is 2.13. The average Bonchev–Trinajstić information content (AvgIpc) is 2.36. The van der Waals surface area contributed by atoms with Gasteiger partial charge in [0.15, 0.2) is 0 Å². The van der Waals surface area contributed by atoms with Crippen LogP contribution in [0.2, 0.25) is 0 Å². The molecule has 6 heteroatoms. The molecule has 1 aromatic carbocycles. The molecule has 0 aliphatic rings. The second kappa shape index (κ2) is 7.40. The van der Waals surface area contributed by atoms with Crippen molar-refractivity contribution >= 4 is 17.3 Å². The van der Waals surface area contributed by atoms with E-state index in [9.17, 15) is 14.5 Å². The Morgan fingerprint density at radius 3 is 2.79 bits per heavy atom. The van der Waals surface area contributed by atoms with Crippen LogP contribution in [-0.2, 0) is 0 Å². The van der Waals surface area contributed by atoms with Crippen LogP contribution in [0.15, 0.2) is 18.2 Å². The number of nitro groups is 1. The fourth-order valence-electron chi connectivity index (χ4n) is 1.76. The maximum Gasteiger partial charge on any atom is 0.305 e. The summed E-state index contributed by atoms with van der Waals surface area (Å²) in [5.41, 5.74) is 0.0393. The van der Waals surface area contributed by atoms with Gasteiger partial charge in [-0.3, -0.25) is 10.1 Å². The highest BCUT2D eigenvalue weighted by molar-refractivity contribution is 6.21. The number of likely N-dealkylation sites (N-methyl/N-ethyl adjacent to an activating group) is 1. The van der Waals surface area contributed by atoms with Crippen molar-refractivity contribution in [1.29, 1.82) is 0 Å². The minimum Gasteiger partial charge on any atom is -0.305 e. The van der Waals surface area contributed by atoms with Gasteiger partial charge in [0, 0.05) is 12.6 Å². The first-order valence-electron chi connectivity index (χ1n) is 6.22. The molecule has 4 nitrogen and oxygen atoms in total. The van der Waals surface area contributed by atoms with Crippen molar-refractivity contribution in [3.63, 3.8) is 0 Å². The van der Waals surface area contributed by atoms with Crippen LogP contribution in [-0.4, -0.2) is 30.0 Å². The van der Waals surface area contributed by atoms with Crippen LogP contribution in [0.1, 0.15) is 30.7 Å². The highest BCUT2D eigenvalue weighted by Crippen LogP contribution is 2.27. The largest absolute Gasteiger partial charge is 0.305 e. The molecule has 0 aliphatic carbocycles. The zero-order valence-electron chi connectivity index (χ0n) is 11.1. The van der Waals surface area contributed by atoms with E-state index in [2.05, 4.69) is 11.8 Å². The minimum absolute atomic E-state index is 0.388. The molecule has 1 atom stereocenters. The van der Waals surface area contributed by atoms with E-state index in [1.807, 2.05) is 7.05 Å². The molecular formula is C13H18ClFN2O2. The lowest BCUT2D eigenvalue weighted by molar-refractivity contribution is -0.387. The van der Waals surface area contributed by atoms with Crippen molar-refractivity contribution in [2.24, 2.45) is 0 Å². The zero-order valence-corrected chi connectivity index (χ0v) is 11.9. The van der Waals surface area contributed by atoms with Gasteiger partial charge in [0.05, 0.1) is 10.3 Å². The molecule has 19 heavy (non-hydrogen) atoms. The number of nitrogens with zero attached hydrogens (tertiary/aromatic N) is 2. The number of unbranched alkanes of at least 4 members (excludes halogenated alkanes) is 1. The van der Waals surface area contributed by atoms with E-state index in [1.165, 1.54) is 12.1 Å². The van der Waals surface area contributed by atoms with Gasteiger partial charge < -0.3 is 4.90 Å². The number of hydrogen-bond donors (Lipinski definition) is 0. The summed E-state index contributed by atoms with van der Waals surface area (Å²) in [6.45, 7) is 3.60. The van der Waals surface area contributed by atoms with Crippen molar-refractivity contribution in [2.75, 3.05) is 20.1 Å². The van der Waals surface area contributed by atoms with Crippen LogP contribution in [0.4, 0.5) is 10.1 Å². The third-order valence-electron chi connectivity index (χ3n) is 2.89. The Balaban J connectivity index is 2.74. The third-order valence-corrected chi connectivity index (χ3v) is 3.28. The molecule has 1 aromatic rings. The molecule has 0 aromatic heterocycles. The predicted octanol–water partition coefficient (Wildman–Crippen LogP) is 3.75. The van der Waals surface area contributed by atoms with Gasteiger partial charge in [0.2, 0.25) is 5.82 Å². The number of alkyl halides is 1. The van der Waals surface area contributed by atoms with Crippen molar-refractivity contribution < 1.29 is 9.31 Å². The zero-order chi connectivity index (χ0) is 14.4. The fraction of sp³-hybridized carbons (Fsp3) is 0.538. The van der Waals surface area contributed by atoms with Crippen LogP contribution >= 0.6 is 11.6 Å². The summed E-state index contributed by atoms with van der Waals surface area (Å²) in [7, 11) is 1.95. The van der Waals surface area contributed by atoms with Crippen LogP contribution in [0.25, 0.3) is 0 Å². The van der Waals surface area contributed by atoms with E-state index < -0.39 is 16.4 Å². The smallest absolute Gasteiger partial charge is 0.305 e. The van der Waals surface area contributed by atoms with Gasteiger partial charge in [-0.15, -0.1) is 11.6 Å². The summed E-state index contributed by atoms with van der Waals surface area (Å²) < 4.78 is 13.2. The van der Waals surface area contributed by atoms with Crippen LogP contribution in [0.3, 0.4) is 0 Å². The standard InChI is InChI=1S/C13H18ClFN2O2/c1-3-4-7-16(2)9-11(14)10-5-6-12(15)13(8-10)17(18)19/h5-6,8,11H,3-4,7,9H2,1-2H3. The molecule has 0 amide bonds. The SMILES string of the molecule is CCCCN(C)CC(Cl)c1ccc(F)c([N+](=O)[O-])c1. The second-order valence-electron chi connectivity index (χ2n) is 4.55. The number of nitro benzene ring substituents is 1. The summed E-state index contributed by atoms with van der Waals surface area (Å²) >= 11 is 6.22. The van der Waals surface area contributed by atoms with Gasteiger partial charge in [0.1, 0.15) is 0 Å². The second-order valence-corrected chi connectivity index (χ2v) is 5.08. The summed E-state index contributed by atoms with van der Waals surface area (Å²) in [6, 6.07) is 3.79. The monoisotopic (exact) mass is 288 g/mol. The van der Waals surface area contributed by atoms with Crippen LogP contribution < -0.4 is 0 Å². The summed E-state index contributed by atoms with van der Waals surface area (Å²) in [5.74, 6) is -0.836. The van der Waals surface area contributed by atoms with Crippen molar-refractivity contribution in [1.82, 2.24) is 4.90 Å². The normalized spacial score (nSPS) is 12.7. The van der Waals surface area contributed by atoms with Crippen LogP contribution in [0, 0.1) is 15.9 Å². The summed E-state index contributed by atoms with van der Waals surface area (Å²) in [5, 5.41) is 10.3. The van der Waals surface area contributed by atoms with Gasteiger partial charge in [-0.05, 0) is 31.6 Å². The van der Waals surface area contributed by atoms with Gasteiger partial charge in [-0.2, -0.15) is 4.39 Å². The molecular weight excluding hydrogens is 271 g/mol. The maximum absolute atomic E-state index is 13.2. The molecule has 106 valence electrons. The van der Waals surface area contributed by atoms with Gasteiger partial charge in [-0.1, -0.05) is 19.4 Å². The highest BCUT2D eigenvalue weighted by atomic mass is 35.5. The van der Waals surface area contributed by atoms with Crippen molar-refractivity contribution in [3.05, 3.63) is 39.7 Å². The highest BCUT2D eigenvalue weighted by Gasteiger charge is 2.18. The van der Waals surface area contributed by atoms with E-state index >= 15 is 0 Å². The molecule has 0 saturated carbocycles. The molecule has 0 bridgehead atoms. The molecule has 0 saturated heterocycles. The minimum atomic E-state index is -0.836. The lowest BCUT2D eigenvalue weighted by Crippen LogP contribution is -2.23. The number of benzene rings is 1. The topological polar surface area (TPSA) is 46.4 Å². The Labute approximate surface area is 117 Å². The molecule has 0 aliphatic heterocycles. The van der Waals surface area contributed by atoms with Crippen molar-refractivity contribution in [2.45, 2.75) is 25.1 Å². The Morgan fingerprint density at radius 1 is 1.53 bits per heavy atom. The van der Waals surface area contributed by atoms with E-state index in [-0.39, 0.29) is 5.38 Å². The predicted molar refractivity (Wildman–Crippen MR) is 74.1 cm³/mol. The van der Waals surface area contributed by atoms with Gasteiger partial charge in [-0.25, -0.2) is 0 Å². The van der Waals surface area contributed by atoms with Gasteiger partial charge in [0.25, 0.3) is 0 Å². The first-order valence-corrected chi connectivity index (χ1v) is 6.65. The maximum atomic E-state index is 13.2. The van der Waals surface area contributed by atoms with E-state index in [4.69, 9.17) is 11.6 Å². The molecule has 0 N–H and O–H groups in total. The Bertz CT molecular complexity index is 443. The lowest BCUT2D eigenvalue weighted by Gasteiger charge is -2.19. The van der Waals surface area contributed by atoms with Crippen LogP contribution in [0.5, 0.6) is 0 Å². The molecule has 0 radical (unpaired) electrons. The molecule has 1 unspecified atom stereocenters. The third kappa shape index (κ3) is 4.76. The number of halogens is 2. The Kier molecular flexibility index (Phi) is 6.18. The molecule has 0 spiro atoms. The van der Waals surface area contributed by atoms with E-state index in [0.29, 0.717) is 12.1 Å².